The molecule has 3 rings (SSSR count). The Labute approximate surface area is 161 Å². The maximum absolute atomic E-state index is 12.7. The van der Waals surface area contributed by atoms with Crippen molar-refractivity contribution < 1.29 is 27.3 Å². The first kappa shape index (κ1) is 19.8. The van der Waals surface area contributed by atoms with E-state index in [1.54, 1.807) is 12.1 Å². The molecule has 0 radical (unpaired) electrons. The van der Waals surface area contributed by atoms with Crippen molar-refractivity contribution in [3.63, 3.8) is 0 Å². The molecule has 1 aromatic heterocycles. The van der Waals surface area contributed by atoms with E-state index in [9.17, 15) is 28.1 Å². The number of furan rings is 1. The zero-order valence-corrected chi connectivity index (χ0v) is 14.5. The van der Waals surface area contributed by atoms with Crippen molar-refractivity contribution >= 4 is 17.8 Å². The Balaban J connectivity index is 1.65. The second kappa shape index (κ2) is 7.97. The van der Waals surface area contributed by atoms with Crippen LogP contribution in [0.1, 0.15) is 21.7 Å². The molecular weight excluding hydrogens is 391 g/mol. The third-order valence-corrected chi connectivity index (χ3v) is 3.80. The number of amides is 1. The summed E-state index contributed by atoms with van der Waals surface area (Å²) in [7, 11) is 0. The lowest BCUT2D eigenvalue weighted by molar-refractivity contribution is -0.384. The first-order valence-corrected chi connectivity index (χ1v) is 8.09. The lowest BCUT2D eigenvalue weighted by Gasteiger charge is -2.07. The molecule has 0 saturated heterocycles. The number of carbonyl (C=O) groups is 1. The van der Waals surface area contributed by atoms with Crippen molar-refractivity contribution in [1.82, 2.24) is 5.43 Å². The molecule has 1 amide bonds. The Bertz CT molecular complexity index is 1070. The van der Waals surface area contributed by atoms with Crippen LogP contribution in [0.5, 0.6) is 0 Å². The highest BCUT2D eigenvalue weighted by molar-refractivity contribution is 5.94. The molecule has 3 aromatic rings. The predicted molar refractivity (Wildman–Crippen MR) is 97.3 cm³/mol. The van der Waals surface area contributed by atoms with Gasteiger partial charge in [0.2, 0.25) is 0 Å². The van der Waals surface area contributed by atoms with Crippen LogP contribution >= 0.6 is 0 Å². The van der Waals surface area contributed by atoms with Gasteiger partial charge in [0, 0.05) is 23.3 Å². The molecule has 2 aromatic carbocycles. The number of carbonyl (C=O) groups excluding carboxylic acids is 1. The molecule has 0 spiro atoms. The second-order valence-electron chi connectivity index (χ2n) is 5.78. The summed E-state index contributed by atoms with van der Waals surface area (Å²) in [6.45, 7) is 0. The topological polar surface area (TPSA) is 97.7 Å². The number of non-ortho nitro benzene ring substituents is 1. The first-order chi connectivity index (χ1) is 13.7. The van der Waals surface area contributed by atoms with Gasteiger partial charge in [0.25, 0.3) is 11.6 Å². The Hall–Kier alpha value is -3.95. The molecule has 0 aliphatic heterocycles. The fraction of sp³-hybridized carbons (Fsp3) is 0.0526. The standard InChI is InChI=1S/C19H12F3N3O4/c20-19(21,22)14-3-1-2-13(10-14)18(26)24-23-11-16-8-9-17(29-16)12-4-6-15(7-5-12)25(27)28/h1-11H,(H,24,26)/b23-11+. The van der Waals surface area contributed by atoms with Gasteiger partial charge in [-0.3, -0.25) is 14.9 Å². The molecule has 1 N–H and O–H groups in total. The van der Waals surface area contributed by atoms with Crippen molar-refractivity contribution in [1.29, 1.82) is 0 Å². The minimum atomic E-state index is -4.55. The summed E-state index contributed by atoms with van der Waals surface area (Å²) in [6, 6.07) is 12.8. The largest absolute Gasteiger partial charge is 0.455 e. The van der Waals surface area contributed by atoms with Crippen LogP contribution < -0.4 is 5.43 Å². The second-order valence-corrected chi connectivity index (χ2v) is 5.78. The summed E-state index contributed by atoms with van der Waals surface area (Å²) in [5.41, 5.74) is 1.54. The zero-order valence-electron chi connectivity index (χ0n) is 14.5. The Morgan fingerprint density at radius 3 is 2.48 bits per heavy atom. The lowest BCUT2D eigenvalue weighted by Crippen LogP contribution is -2.18. The van der Waals surface area contributed by atoms with Gasteiger partial charge in [-0.25, -0.2) is 5.43 Å². The molecule has 148 valence electrons. The Kier molecular flexibility index (Phi) is 5.44. The zero-order chi connectivity index (χ0) is 21.0. The van der Waals surface area contributed by atoms with Crippen LogP contribution in [0.2, 0.25) is 0 Å². The number of nitrogens with zero attached hydrogens (tertiary/aromatic N) is 2. The number of alkyl halides is 3. The van der Waals surface area contributed by atoms with Crippen LogP contribution in [0.25, 0.3) is 11.3 Å². The highest BCUT2D eigenvalue weighted by Gasteiger charge is 2.30. The SMILES string of the molecule is O=C(N/N=C/c1ccc(-c2ccc([N+](=O)[O-])cc2)o1)c1cccc(C(F)(F)F)c1. The van der Waals surface area contributed by atoms with Crippen molar-refractivity contribution in [3.05, 3.63) is 87.7 Å². The van der Waals surface area contributed by atoms with Crippen molar-refractivity contribution in [3.8, 4) is 11.3 Å². The monoisotopic (exact) mass is 403 g/mol. The van der Waals surface area contributed by atoms with Gasteiger partial charge in [0.1, 0.15) is 11.5 Å². The van der Waals surface area contributed by atoms with Gasteiger partial charge in [-0.05, 0) is 42.5 Å². The van der Waals surface area contributed by atoms with E-state index >= 15 is 0 Å². The molecule has 0 fully saturated rings. The predicted octanol–water partition coefficient (Wildman–Crippen LogP) is 4.64. The molecule has 7 nitrogen and oxygen atoms in total. The average Bonchev–Trinajstić information content (AvgIpc) is 3.16. The Morgan fingerprint density at radius 2 is 1.83 bits per heavy atom. The maximum atomic E-state index is 12.7. The molecule has 0 aliphatic carbocycles. The fourth-order valence-corrected chi connectivity index (χ4v) is 2.38. The van der Waals surface area contributed by atoms with E-state index in [-0.39, 0.29) is 17.0 Å². The number of nitro benzene ring substituents is 1. The van der Waals surface area contributed by atoms with Crippen molar-refractivity contribution in [2.75, 3.05) is 0 Å². The first-order valence-electron chi connectivity index (χ1n) is 8.09. The summed E-state index contributed by atoms with van der Waals surface area (Å²) >= 11 is 0. The number of benzene rings is 2. The Morgan fingerprint density at radius 1 is 1.10 bits per heavy atom. The molecule has 0 unspecified atom stereocenters. The van der Waals surface area contributed by atoms with E-state index < -0.39 is 22.6 Å². The molecule has 0 bridgehead atoms. The maximum Gasteiger partial charge on any atom is 0.416 e. The number of hydrogen-bond donors (Lipinski definition) is 1. The number of rotatable bonds is 5. The minimum absolute atomic E-state index is 0.0561. The van der Waals surface area contributed by atoms with Gasteiger partial charge >= 0.3 is 6.18 Å². The van der Waals surface area contributed by atoms with Gasteiger partial charge in [-0.15, -0.1) is 0 Å². The van der Waals surface area contributed by atoms with Crippen LogP contribution in [-0.4, -0.2) is 17.0 Å². The van der Waals surface area contributed by atoms with Crippen LogP contribution in [0, 0.1) is 10.1 Å². The molecule has 0 aliphatic rings. The van der Waals surface area contributed by atoms with E-state index in [1.165, 1.54) is 36.5 Å². The number of hydrogen-bond acceptors (Lipinski definition) is 5. The third-order valence-electron chi connectivity index (χ3n) is 3.80. The number of hydrazone groups is 1. The summed E-state index contributed by atoms with van der Waals surface area (Å²) in [5.74, 6) is -0.122. The van der Waals surface area contributed by atoms with Crippen LogP contribution in [0.4, 0.5) is 18.9 Å². The molecule has 0 atom stereocenters. The number of nitro groups is 1. The van der Waals surface area contributed by atoms with Crippen LogP contribution in [-0.2, 0) is 6.18 Å². The molecule has 10 heteroatoms. The van der Waals surface area contributed by atoms with Gasteiger partial charge < -0.3 is 4.42 Å². The highest BCUT2D eigenvalue weighted by atomic mass is 19.4. The summed E-state index contributed by atoms with van der Waals surface area (Å²) in [5, 5.41) is 14.3. The fourth-order valence-electron chi connectivity index (χ4n) is 2.38. The number of nitrogens with one attached hydrogen (secondary N) is 1. The molecular formula is C19H12F3N3O4. The average molecular weight is 403 g/mol. The summed E-state index contributed by atoms with van der Waals surface area (Å²) in [4.78, 5) is 22.1. The van der Waals surface area contributed by atoms with Gasteiger partial charge in [0.15, 0.2) is 0 Å². The van der Waals surface area contributed by atoms with Gasteiger partial charge in [-0.2, -0.15) is 18.3 Å². The minimum Gasteiger partial charge on any atom is -0.455 e. The van der Waals surface area contributed by atoms with E-state index in [0.29, 0.717) is 11.3 Å². The lowest BCUT2D eigenvalue weighted by atomic mass is 10.1. The van der Waals surface area contributed by atoms with E-state index in [1.807, 2.05) is 0 Å². The van der Waals surface area contributed by atoms with E-state index in [0.717, 1.165) is 18.2 Å². The smallest absolute Gasteiger partial charge is 0.416 e. The molecule has 29 heavy (non-hydrogen) atoms. The van der Waals surface area contributed by atoms with Crippen molar-refractivity contribution in [2.45, 2.75) is 6.18 Å². The van der Waals surface area contributed by atoms with Gasteiger partial charge in [-0.1, -0.05) is 6.07 Å². The van der Waals surface area contributed by atoms with E-state index in [4.69, 9.17) is 4.42 Å². The van der Waals surface area contributed by atoms with E-state index in [2.05, 4.69) is 10.5 Å². The summed E-state index contributed by atoms with van der Waals surface area (Å²) < 4.78 is 43.6. The molecule has 0 saturated carbocycles. The molecule has 1 heterocycles. The van der Waals surface area contributed by atoms with Gasteiger partial charge in [0.05, 0.1) is 16.7 Å². The normalized spacial score (nSPS) is 11.6. The van der Waals surface area contributed by atoms with Crippen LogP contribution in [0.15, 0.2) is 70.2 Å². The summed E-state index contributed by atoms with van der Waals surface area (Å²) in [6.07, 6.45) is -3.37. The quantitative estimate of drug-likeness (QED) is 0.381. The number of halogens is 3. The highest BCUT2D eigenvalue weighted by Crippen LogP contribution is 2.29. The van der Waals surface area contributed by atoms with Crippen molar-refractivity contribution in [2.24, 2.45) is 5.10 Å². The van der Waals surface area contributed by atoms with Crippen LogP contribution in [0.3, 0.4) is 0 Å². The third kappa shape index (κ3) is 4.86.